The lowest BCUT2D eigenvalue weighted by molar-refractivity contribution is -0.137. The van der Waals surface area contributed by atoms with Crippen LogP contribution in [0.4, 0.5) is 0 Å². The van der Waals surface area contributed by atoms with E-state index in [0.29, 0.717) is 24.4 Å². The van der Waals surface area contributed by atoms with E-state index in [4.69, 9.17) is 9.84 Å². The topological polar surface area (TPSA) is 66.8 Å². The van der Waals surface area contributed by atoms with Crippen LogP contribution in [0.2, 0.25) is 0 Å². The van der Waals surface area contributed by atoms with Gasteiger partial charge in [-0.3, -0.25) is 4.79 Å². The fraction of sp³-hybridized carbons (Fsp3) is 0.833. The lowest BCUT2D eigenvalue weighted by Crippen LogP contribution is -2.30. The van der Waals surface area contributed by atoms with E-state index < -0.39 is 5.97 Å². The number of carbonyl (C=O) groups is 1. The molecule has 0 spiro atoms. The van der Waals surface area contributed by atoms with Gasteiger partial charge in [0.25, 0.3) is 0 Å². The molecular formula is C18H30O4. The first kappa shape index (κ1) is 17.5. The van der Waals surface area contributed by atoms with Gasteiger partial charge in [-0.1, -0.05) is 38.3 Å². The molecule has 0 aromatic rings. The predicted molar refractivity (Wildman–Crippen MR) is 85.7 cm³/mol. The van der Waals surface area contributed by atoms with Gasteiger partial charge in [-0.2, -0.15) is 0 Å². The molecule has 2 N–H and O–H groups in total. The summed E-state index contributed by atoms with van der Waals surface area (Å²) >= 11 is 0. The van der Waals surface area contributed by atoms with Gasteiger partial charge < -0.3 is 14.9 Å². The molecule has 0 radical (unpaired) electrons. The minimum absolute atomic E-state index is 0.0159. The molecule has 2 aliphatic rings. The molecule has 2 bridgehead atoms. The molecule has 1 saturated heterocycles. The number of hydrogen-bond donors (Lipinski definition) is 2. The monoisotopic (exact) mass is 310 g/mol. The number of aliphatic hydroxyl groups is 1. The average Bonchev–Trinajstić information content (AvgIpc) is 2.98. The number of allylic oxidation sites excluding steroid dienone is 1. The van der Waals surface area contributed by atoms with Crippen molar-refractivity contribution in [1.29, 1.82) is 0 Å². The maximum atomic E-state index is 10.4. The van der Waals surface area contributed by atoms with Crippen LogP contribution in [0.15, 0.2) is 12.2 Å². The van der Waals surface area contributed by atoms with Crippen molar-refractivity contribution >= 4 is 5.97 Å². The van der Waals surface area contributed by atoms with Crippen molar-refractivity contribution in [2.75, 3.05) is 0 Å². The second-order valence-electron chi connectivity index (χ2n) is 6.72. The third-order valence-electron chi connectivity index (χ3n) is 5.10. The fourth-order valence-electron chi connectivity index (χ4n) is 3.93. The van der Waals surface area contributed by atoms with E-state index in [-0.39, 0.29) is 12.2 Å². The minimum atomic E-state index is -0.691. The zero-order valence-corrected chi connectivity index (χ0v) is 13.6. The largest absolute Gasteiger partial charge is 0.481 e. The number of carboxylic acids is 1. The van der Waals surface area contributed by atoms with Crippen molar-refractivity contribution in [3.8, 4) is 0 Å². The lowest BCUT2D eigenvalue weighted by atomic mass is 9.91. The van der Waals surface area contributed by atoms with Crippen LogP contribution in [0.5, 0.6) is 0 Å². The number of carboxylic acid groups (broad SMARTS) is 1. The molecule has 1 aliphatic heterocycles. The highest BCUT2D eigenvalue weighted by molar-refractivity contribution is 5.66. The van der Waals surface area contributed by atoms with Crippen LogP contribution in [0, 0.1) is 11.8 Å². The van der Waals surface area contributed by atoms with Gasteiger partial charge >= 0.3 is 5.97 Å². The Bertz CT molecular complexity index is 379. The number of unbranched alkanes of at least 4 members (excludes halogenated alkanes) is 5. The van der Waals surface area contributed by atoms with Crippen LogP contribution in [-0.2, 0) is 9.53 Å². The van der Waals surface area contributed by atoms with Gasteiger partial charge in [-0.05, 0) is 38.0 Å². The van der Waals surface area contributed by atoms with Crippen LogP contribution < -0.4 is 0 Å². The predicted octanol–water partition coefficient (Wildman–Crippen LogP) is 3.53. The second-order valence-corrected chi connectivity index (χ2v) is 6.72. The first-order valence-electron chi connectivity index (χ1n) is 8.85. The van der Waals surface area contributed by atoms with Crippen LogP contribution in [0.25, 0.3) is 0 Å². The molecule has 0 amide bonds. The molecular weight excluding hydrogens is 280 g/mol. The van der Waals surface area contributed by atoms with Gasteiger partial charge in [0.05, 0.1) is 18.3 Å². The summed E-state index contributed by atoms with van der Waals surface area (Å²) in [4.78, 5) is 10.4. The van der Waals surface area contributed by atoms with Gasteiger partial charge in [0.1, 0.15) is 0 Å². The van der Waals surface area contributed by atoms with Gasteiger partial charge in [0.15, 0.2) is 0 Å². The van der Waals surface area contributed by atoms with Crippen molar-refractivity contribution < 1.29 is 19.7 Å². The molecule has 2 fully saturated rings. The Morgan fingerprint density at radius 3 is 2.68 bits per heavy atom. The van der Waals surface area contributed by atoms with Crippen LogP contribution in [0.3, 0.4) is 0 Å². The summed E-state index contributed by atoms with van der Waals surface area (Å²) in [5.74, 6) is 0.205. The quantitative estimate of drug-likeness (QED) is 0.478. The highest BCUT2D eigenvalue weighted by Crippen LogP contribution is 2.46. The van der Waals surface area contributed by atoms with Gasteiger partial charge in [-0.15, -0.1) is 0 Å². The molecule has 4 nitrogen and oxygen atoms in total. The normalized spacial score (nSPS) is 33.8. The number of aliphatic hydroxyl groups excluding tert-OH is 1. The number of fused-ring (bicyclic) bond motifs is 2. The fourth-order valence-corrected chi connectivity index (χ4v) is 3.93. The highest BCUT2D eigenvalue weighted by Gasteiger charge is 2.52. The van der Waals surface area contributed by atoms with Crippen molar-refractivity contribution in [2.45, 2.75) is 83.0 Å². The third-order valence-corrected chi connectivity index (χ3v) is 5.10. The Labute approximate surface area is 133 Å². The maximum absolute atomic E-state index is 10.4. The molecule has 0 aromatic heterocycles. The number of hydrogen-bond acceptors (Lipinski definition) is 3. The summed E-state index contributed by atoms with van der Waals surface area (Å²) in [6.07, 6.45) is 13.1. The first-order chi connectivity index (χ1) is 10.6. The Kier molecular flexibility index (Phi) is 6.90. The van der Waals surface area contributed by atoms with Crippen molar-refractivity contribution in [1.82, 2.24) is 0 Å². The smallest absolute Gasteiger partial charge is 0.303 e. The summed E-state index contributed by atoms with van der Waals surface area (Å²) in [6.45, 7) is 2.16. The number of rotatable bonds is 10. The molecule has 1 aliphatic carbocycles. The van der Waals surface area contributed by atoms with E-state index in [9.17, 15) is 9.90 Å². The summed E-state index contributed by atoms with van der Waals surface area (Å²) in [5.41, 5.74) is 0. The van der Waals surface area contributed by atoms with E-state index >= 15 is 0 Å². The summed E-state index contributed by atoms with van der Waals surface area (Å²) in [7, 11) is 0. The first-order valence-corrected chi connectivity index (χ1v) is 8.85. The minimum Gasteiger partial charge on any atom is -0.481 e. The molecule has 22 heavy (non-hydrogen) atoms. The molecule has 126 valence electrons. The Morgan fingerprint density at radius 1 is 1.23 bits per heavy atom. The molecule has 0 aromatic carbocycles. The number of ether oxygens (including phenoxy) is 1. The zero-order valence-electron chi connectivity index (χ0n) is 13.6. The third kappa shape index (κ3) is 4.56. The van der Waals surface area contributed by atoms with E-state index in [2.05, 4.69) is 19.1 Å². The molecule has 2 rings (SSSR count). The second kappa shape index (κ2) is 8.68. The van der Waals surface area contributed by atoms with E-state index in [1.165, 1.54) is 0 Å². The Morgan fingerprint density at radius 2 is 1.95 bits per heavy atom. The molecule has 5 atom stereocenters. The van der Waals surface area contributed by atoms with E-state index in [1.54, 1.807) is 0 Å². The van der Waals surface area contributed by atoms with E-state index in [1.807, 2.05) is 0 Å². The highest BCUT2D eigenvalue weighted by atomic mass is 16.5. The molecule has 4 heteroatoms. The van der Waals surface area contributed by atoms with Crippen LogP contribution >= 0.6 is 0 Å². The van der Waals surface area contributed by atoms with E-state index in [0.717, 1.165) is 51.4 Å². The standard InChI is InChI=1S/C18H30O4/c1-2-16-14-12-15(19)18(22-16)13(14)10-8-6-4-3-5-7-9-11-17(20)21/h8,10,13-16,18-19H,2-7,9,11-12H2,1H3,(H,20,21)/b10-8-/t13-,14+,15+,16-,18+/m0/s1. The van der Waals surface area contributed by atoms with Crippen LogP contribution in [-0.4, -0.2) is 34.5 Å². The summed E-state index contributed by atoms with van der Waals surface area (Å²) < 4.78 is 5.93. The average molecular weight is 310 g/mol. The van der Waals surface area contributed by atoms with Gasteiger partial charge in [0.2, 0.25) is 0 Å². The lowest BCUT2D eigenvalue weighted by Gasteiger charge is -2.24. The molecule has 1 saturated carbocycles. The van der Waals surface area contributed by atoms with Gasteiger partial charge in [0, 0.05) is 12.3 Å². The molecule has 1 heterocycles. The Balaban J connectivity index is 1.57. The zero-order chi connectivity index (χ0) is 15.9. The van der Waals surface area contributed by atoms with Crippen molar-refractivity contribution in [2.24, 2.45) is 11.8 Å². The van der Waals surface area contributed by atoms with Crippen molar-refractivity contribution in [3.63, 3.8) is 0 Å². The SMILES string of the molecule is CC[C@@H]1O[C@@H]2[C@@H](/C=C\CCCCCCCC(=O)O)[C@H]1C[C@H]2O. The number of aliphatic carboxylic acids is 1. The Hall–Kier alpha value is -0.870. The maximum Gasteiger partial charge on any atom is 0.303 e. The van der Waals surface area contributed by atoms with Crippen LogP contribution in [0.1, 0.15) is 64.7 Å². The summed E-state index contributed by atoms with van der Waals surface area (Å²) in [6, 6.07) is 0. The molecule has 0 unspecified atom stereocenters. The van der Waals surface area contributed by atoms with Gasteiger partial charge in [-0.25, -0.2) is 0 Å². The summed E-state index contributed by atoms with van der Waals surface area (Å²) in [5, 5.41) is 18.5. The van der Waals surface area contributed by atoms with Crippen molar-refractivity contribution in [3.05, 3.63) is 12.2 Å².